The van der Waals surface area contributed by atoms with Gasteiger partial charge in [0, 0.05) is 18.6 Å². The standard InChI is InChI=1S/C11H10BrN7/c1-7-5-15-19(6-7)10-8(12)9(13)16-11(17-10)18-4-2-3-14-18/h2-6H,1H3,(H2,13,16,17). The van der Waals surface area contributed by atoms with Crippen LogP contribution in [0.1, 0.15) is 5.56 Å². The molecule has 0 saturated carbocycles. The zero-order valence-corrected chi connectivity index (χ0v) is 11.6. The monoisotopic (exact) mass is 319 g/mol. The Morgan fingerprint density at radius 3 is 2.68 bits per heavy atom. The smallest absolute Gasteiger partial charge is 0.254 e. The lowest BCUT2D eigenvalue weighted by Crippen LogP contribution is -2.10. The van der Waals surface area contributed by atoms with Crippen LogP contribution in [0.3, 0.4) is 0 Å². The first-order valence-corrected chi connectivity index (χ1v) is 6.29. The number of anilines is 1. The van der Waals surface area contributed by atoms with E-state index in [1.54, 1.807) is 34.0 Å². The molecule has 3 aromatic rings. The molecule has 8 heteroatoms. The van der Waals surface area contributed by atoms with Gasteiger partial charge in [-0.1, -0.05) is 0 Å². The summed E-state index contributed by atoms with van der Waals surface area (Å²) in [5.41, 5.74) is 6.92. The molecule has 0 aromatic carbocycles. The largest absolute Gasteiger partial charge is 0.383 e. The predicted molar refractivity (Wildman–Crippen MR) is 73.1 cm³/mol. The van der Waals surface area contributed by atoms with Crippen LogP contribution in [0.5, 0.6) is 0 Å². The van der Waals surface area contributed by atoms with E-state index >= 15 is 0 Å². The predicted octanol–water partition coefficient (Wildman–Crippen LogP) is 1.50. The van der Waals surface area contributed by atoms with Crippen LogP contribution in [0.15, 0.2) is 35.3 Å². The molecule has 96 valence electrons. The lowest BCUT2D eigenvalue weighted by molar-refractivity contribution is 0.773. The zero-order chi connectivity index (χ0) is 13.4. The minimum Gasteiger partial charge on any atom is -0.383 e. The first-order valence-electron chi connectivity index (χ1n) is 5.50. The number of aryl methyl sites for hydroxylation is 1. The maximum atomic E-state index is 5.89. The minimum atomic E-state index is 0.337. The van der Waals surface area contributed by atoms with E-state index < -0.39 is 0 Å². The van der Waals surface area contributed by atoms with E-state index in [4.69, 9.17) is 5.73 Å². The van der Waals surface area contributed by atoms with Crippen molar-refractivity contribution < 1.29 is 0 Å². The maximum Gasteiger partial charge on any atom is 0.254 e. The van der Waals surface area contributed by atoms with Crippen molar-refractivity contribution in [2.24, 2.45) is 0 Å². The molecule has 19 heavy (non-hydrogen) atoms. The summed E-state index contributed by atoms with van der Waals surface area (Å²) < 4.78 is 3.79. The fourth-order valence-electron chi connectivity index (χ4n) is 1.61. The number of nitrogen functional groups attached to an aromatic ring is 1. The zero-order valence-electron chi connectivity index (χ0n) is 10.0. The summed E-state index contributed by atoms with van der Waals surface area (Å²) in [5.74, 6) is 1.31. The second kappa shape index (κ2) is 4.47. The van der Waals surface area contributed by atoms with Crippen LogP contribution in [-0.2, 0) is 0 Å². The molecule has 0 radical (unpaired) electrons. The average Bonchev–Trinajstić information content (AvgIpc) is 3.03. The van der Waals surface area contributed by atoms with Gasteiger partial charge >= 0.3 is 0 Å². The molecule has 0 bridgehead atoms. The fourth-order valence-corrected chi connectivity index (χ4v) is 1.97. The van der Waals surface area contributed by atoms with Gasteiger partial charge in [0.15, 0.2) is 5.82 Å². The summed E-state index contributed by atoms with van der Waals surface area (Å²) in [6.07, 6.45) is 7.01. The van der Waals surface area contributed by atoms with Crippen LogP contribution in [-0.4, -0.2) is 29.5 Å². The van der Waals surface area contributed by atoms with Gasteiger partial charge in [-0.3, -0.25) is 0 Å². The normalized spacial score (nSPS) is 10.8. The van der Waals surface area contributed by atoms with Crippen LogP contribution < -0.4 is 5.73 Å². The van der Waals surface area contributed by atoms with Crippen LogP contribution in [0.2, 0.25) is 0 Å². The molecule has 0 unspecified atom stereocenters. The Balaban J connectivity index is 2.19. The highest BCUT2D eigenvalue weighted by Crippen LogP contribution is 2.24. The van der Waals surface area contributed by atoms with Gasteiger partial charge in [0.05, 0.1) is 6.20 Å². The molecule has 0 aliphatic carbocycles. The molecule has 0 saturated heterocycles. The average molecular weight is 320 g/mol. The fraction of sp³-hybridized carbons (Fsp3) is 0.0909. The Kier molecular flexibility index (Phi) is 2.79. The van der Waals surface area contributed by atoms with Crippen LogP contribution >= 0.6 is 15.9 Å². The molecular formula is C11H10BrN7. The number of halogens is 1. The molecule has 0 aliphatic rings. The van der Waals surface area contributed by atoms with E-state index in [0.29, 0.717) is 22.1 Å². The Morgan fingerprint density at radius 2 is 2.05 bits per heavy atom. The topological polar surface area (TPSA) is 87.4 Å². The molecule has 0 amide bonds. The number of aromatic nitrogens is 6. The third-order valence-corrected chi connectivity index (χ3v) is 3.25. The van der Waals surface area contributed by atoms with Crippen molar-refractivity contribution in [3.05, 3.63) is 40.9 Å². The van der Waals surface area contributed by atoms with Gasteiger partial charge in [0.25, 0.3) is 5.95 Å². The molecule has 2 N–H and O–H groups in total. The second-order valence-corrected chi connectivity index (χ2v) is 4.75. The number of hydrogen-bond donors (Lipinski definition) is 1. The number of nitrogens with zero attached hydrogens (tertiary/aromatic N) is 6. The number of hydrogen-bond acceptors (Lipinski definition) is 5. The molecular weight excluding hydrogens is 310 g/mol. The van der Waals surface area contributed by atoms with Gasteiger partial charge in [0.2, 0.25) is 0 Å². The van der Waals surface area contributed by atoms with E-state index in [0.717, 1.165) is 5.56 Å². The highest BCUT2D eigenvalue weighted by Gasteiger charge is 2.13. The van der Waals surface area contributed by atoms with Crippen molar-refractivity contribution in [1.82, 2.24) is 29.5 Å². The Hall–Kier alpha value is -2.22. The minimum absolute atomic E-state index is 0.337. The highest BCUT2D eigenvalue weighted by atomic mass is 79.9. The summed E-state index contributed by atoms with van der Waals surface area (Å²) >= 11 is 3.38. The van der Waals surface area contributed by atoms with Crippen molar-refractivity contribution in [2.75, 3.05) is 5.73 Å². The maximum absolute atomic E-state index is 5.89. The molecule has 0 atom stereocenters. The van der Waals surface area contributed by atoms with Crippen LogP contribution in [0.25, 0.3) is 11.8 Å². The van der Waals surface area contributed by atoms with Gasteiger partial charge < -0.3 is 5.73 Å². The first-order chi connectivity index (χ1) is 9.15. The van der Waals surface area contributed by atoms with Gasteiger partial charge in [-0.05, 0) is 34.5 Å². The SMILES string of the molecule is Cc1cnn(-c2nc(-n3cccn3)nc(N)c2Br)c1. The summed E-state index contributed by atoms with van der Waals surface area (Å²) in [5, 5.41) is 8.31. The summed E-state index contributed by atoms with van der Waals surface area (Å²) in [6.45, 7) is 1.95. The van der Waals surface area contributed by atoms with Gasteiger partial charge in [-0.25, -0.2) is 9.36 Å². The van der Waals surface area contributed by atoms with E-state index in [1.807, 2.05) is 13.1 Å². The Labute approximate surface area is 117 Å². The van der Waals surface area contributed by atoms with Crippen LogP contribution in [0.4, 0.5) is 5.82 Å². The van der Waals surface area contributed by atoms with Gasteiger partial charge in [-0.15, -0.1) is 0 Å². The van der Waals surface area contributed by atoms with Crippen molar-refractivity contribution >= 4 is 21.7 Å². The number of rotatable bonds is 2. The molecule has 3 heterocycles. The van der Waals surface area contributed by atoms with Crippen LogP contribution in [0, 0.1) is 6.92 Å². The molecule has 0 aliphatic heterocycles. The van der Waals surface area contributed by atoms with Crippen molar-refractivity contribution in [3.63, 3.8) is 0 Å². The summed E-state index contributed by atoms with van der Waals surface area (Å²) in [7, 11) is 0. The number of nitrogens with two attached hydrogens (primary N) is 1. The van der Waals surface area contributed by atoms with Crippen molar-refractivity contribution in [1.29, 1.82) is 0 Å². The molecule has 0 fully saturated rings. The quantitative estimate of drug-likeness (QED) is 0.773. The summed E-state index contributed by atoms with van der Waals surface area (Å²) in [6, 6.07) is 1.79. The summed E-state index contributed by atoms with van der Waals surface area (Å²) in [4.78, 5) is 8.61. The highest BCUT2D eigenvalue weighted by molar-refractivity contribution is 9.10. The van der Waals surface area contributed by atoms with E-state index in [2.05, 4.69) is 36.1 Å². The second-order valence-electron chi connectivity index (χ2n) is 3.96. The lowest BCUT2D eigenvalue weighted by atomic mass is 10.4. The third-order valence-electron chi connectivity index (χ3n) is 2.49. The van der Waals surface area contributed by atoms with Gasteiger partial charge in [0.1, 0.15) is 10.3 Å². The third kappa shape index (κ3) is 2.10. The van der Waals surface area contributed by atoms with Gasteiger partial charge in [-0.2, -0.15) is 20.2 Å². The van der Waals surface area contributed by atoms with Crippen molar-refractivity contribution in [2.45, 2.75) is 6.92 Å². The molecule has 3 rings (SSSR count). The Bertz CT molecular complexity index is 717. The first kappa shape index (κ1) is 11.8. The van der Waals surface area contributed by atoms with E-state index in [1.165, 1.54) is 0 Å². The molecule has 3 aromatic heterocycles. The molecule has 7 nitrogen and oxygen atoms in total. The van der Waals surface area contributed by atoms with Crippen molar-refractivity contribution in [3.8, 4) is 11.8 Å². The Morgan fingerprint density at radius 1 is 1.21 bits per heavy atom. The van der Waals surface area contributed by atoms with E-state index in [-0.39, 0.29) is 0 Å². The lowest BCUT2D eigenvalue weighted by Gasteiger charge is -2.08. The molecule has 0 spiro atoms. The van der Waals surface area contributed by atoms with E-state index in [9.17, 15) is 0 Å².